The number of carbonyl (C=O) groups is 1. The molecule has 0 aliphatic heterocycles. The van der Waals surface area contributed by atoms with Crippen LogP contribution in [-0.4, -0.2) is 34.2 Å². The van der Waals surface area contributed by atoms with Crippen LogP contribution in [0.4, 0.5) is 5.69 Å². The quantitative estimate of drug-likeness (QED) is 0.446. The first-order chi connectivity index (χ1) is 15.8. The smallest absolute Gasteiger partial charge is 0.232 e. The van der Waals surface area contributed by atoms with Gasteiger partial charge in [-0.3, -0.25) is 9.10 Å². The Morgan fingerprint density at radius 2 is 1.58 bits per heavy atom. The van der Waals surface area contributed by atoms with Gasteiger partial charge in [-0.25, -0.2) is 8.42 Å². The van der Waals surface area contributed by atoms with Crippen molar-refractivity contribution in [2.75, 3.05) is 24.2 Å². The molecule has 8 heteroatoms. The van der Waals surface area contributed by atoms with Crippen molar-refractivity contribution in [2.45, 2.75) is 18.9 Å². The molecular weight excluding hydrogens is 460 g/mol. The normalized spacial score (nSPS) is 11.3. The van der Waals surface area contributed by atoms with Crippen LogP contribution in [0.1, 0.15) is 30.0 Å². The molecule has 3 aromatic rings. The highest BCUT2D eigenvalue weighted by Crippen LogP contribution is 2.30. The van der Waals surface area contributed by atoms with E-state index in [4.69, 9.17) is 16.3 Å². The predicted molar refractivity (Wildman–Crippen MR) is 132 cm³/mol. The number of hydrogen-bond acceptors (Lipinski definition) is 4. The lowest BCUT2D eigenvalue weighted by Gasteiger charge is -2.23. The summed E-state index contributed by atoms with van der Waals surface area (Å²) in [4.78, 5) is 12.8. The Hall–Kier alpha value is -3.03. The molecule has 0 saturated carbocycles. The summed E-state index contributed by atoms with van der Waals surface area (Å²) in [5, 5.41) is 3.40. The van der Waals surface area contributed by atoms with Gasteiger partial charge in [0.25, 0.3) is 0 Å². The summed E-state index contributed by atoms with van der Waals surface area (Å²) in [5.41, 5.74) is 2.38. The zero-order valence-electron chi connectivity index (χ0n) is 18.6. The average molecular weight is 487 g/mol. The maximum Gasteiger partial charge on any atom is 0.232 e. The van der Waals surface area contributed by atoms with Gasteiger partial charge in [-0.05, 0) is 35.7 Å². The maximum atomic E-state index is 12.8. The molecule has 174 valence electrons. The first kappa shape index (κ1) is 24.6. The molecule has 0 aliphatic rings. The molecule has 0 bridgehead atoms. The Morgan fingerprint density at radius 3 is 2.06 bits per heavy atom. The van der Waals surface area contributed by atoms with Crippen molar-refractivity contribution in [3.05, 3.63) is 95.0 Å². The lowest BCUT2D eigenvalue weighted by Crippen LogP contribution is -2.33. The van der Waals surface area contributed by atoms with Crippen molar-refractivity contribution in [1.82, 2.24) is 5.32 Å². The van der Waals surface area contributed by atoms with Gasteiger partial charge in [0, 0.05) is 13.0 Å². The van der Waals surface area contributed by atoms with Gasteiger partial charge < -0.3 is 10.1 Å². The van der Waals surface area contributed by atoms with E-state index in [0.717, 1.165) is 17.4 Å². The minimum Gasteiger partial charge on any atom is -0.495 e. The fourth-order valence-corrected chi connectivity index (χ4v) is 4.77. The Balaban J connectivity index is 1.68. The van der Waals surface area contributed by atoms with Crippen LogP contribution in [0.5, 0.6) is 5.75 Å². The second-order valence-electron chi connectivity index (χ2n) is 7.58. The average Bonchev–Trinajstić information content (AvgIpc) is 2.80. The number of rotatable bonds is 10. The number of hydrogen-bond donors (Lipinski definition) is 1. The third-order valence-corrected chi connectivity index (χ3v) is 6.65. The van der Waals surface area contributed by atoms with E-state index < -0.39 is 10.0 Å². The van der Waals surface area contributed by atoms with Gasteiger partial charge in [-0.1, -0.05) is 72.3 Å². The summed E-state index contributed by atoms with van der Waals surface area (Å²) < 4.78 is 31.1. The van der Waals surface area contributed by atoms with Gasteiger partial charge >= 0.3 is 0 Å². The standard InChI is InChI=1S/C25H27ClN2O4S/c1-32-23-16-15-21(18-22(23)26)28(33(2,30)31)17-9-14-24(29)27-25(19-10-5-3-6-11-19)20-12-7-4-8-13-20/h3-8,10-13,15-16,18,25H,9,14,17H2,1-2H3,(H,27,29). The van der Waals surface area contributed by atoms with E-state index in [1.807, 2.05) is 60.7 Å². The summed E-state index contributed by atoms with van der Waals surface area (Å²) in [5.74, 6) is 0.301. The lowest BCUT2D eigenvalue weighted by molar-refractivity contribution is -0.121. The zero-order valence-corrected chi connectivity index (χ0v) is 20.1. The van der Waals surface area contributed by atoms with Crippen LogP contribution in [0.15, 0.2) is 78.9 Å². The van der Waals surface area contributed by atoms with E-state index in [2.05, 4.69) is 5.32 Å². The van der Waals surface area contributed by atoms with Crippen LogP contribution in [-0.2, 0) is 14.8 Å². The van der Waals surface area contributed by atoms with Crippen LogP contribution in [0.25, 0.3) is 0 Å². The van der Waals surface area contributed by atoms with Gasteiger partial charge in [0.05, 0.1) is 30.1 Å². The fourth-order valence-electron chi connectivity index (χ4n) is 3.56. The number of benzene rings is 3. The van der Waals surface area contributed by atoms with Crippen LogP contribution >= 0.6 is 11.6 Å². The highest BCUT2D eigenvalue weighted by atomic mass is 35.5. The van der Waals surface area contributed by atoms with Crippen LogP contribution < -0.4 is 14.4 Å². The number of nitrogens with zero attached hydrogens (tertiary/aromatic N) is 1. The van der Waals surface area contributed by atoms with Crippen molar-refractivity contribution in [3.63, 3.8) is 0 Å². The van der Waals surface area contributed by atoms with E-state index in [-0.39, 0.29) is 24.9 Å². The molecular formula is C25H27ClN2O4S. The second kappa shape index (κ2) is 11.2. The molecule has 0 fully saturated rings. The number of amides is 1. The summed E-state index contributed by atoms with van der Waals surface area (Å²) >= 11 is 6.17. The highest BCUT2D eigenvalue weighted by Gasteiger charge is 2.20. The first-order valence-electron chi connectivity index (χ1n) is 10.5. The van der Waals surface area contributed by atoms with Gasteiger partial charge in [-0.2, -0.15) is 0 Å². The molecule has 1 N–H and O–H groups in total. The Kier molecular flexibility index (Phi) is 8.36. The Labute approximate surface area is 200 Å². The van der Waals surface area contributed by atoms with Crippen LogP contribution in [0.3, 0.4) is 0 Å². The van der Waals surface area contributed by atoms with E-state index in [1.54, 1.807) is 18.2 Å². The third-order valence-electron chi connectivity index (χ3n) is 5.16. The second-order valence-corrected chi connectivity index (χ2v) is 9.89. The highest BCUT2D eigenvalue weighted by molar-refractivity contribution is 7.92. The molecule has 6 nitrogen and oxygen atoms in total. The van der Waals surface area contributed by atoms with Crippen molar-refractivity contribution in [3.8, 4) is 5.75 Å². The van der Waals surface area contributed by atoms with Gasteiger partial charge in [0.2, 0.25) is 15.9 Å². The summed E-state index contributed by atoms with van der Waals surface area (Å²) in [6, 6.07) is 24.0. The van der Waals surface area contributed by atoms with E-state index in [1.165, 1.54) is 11.4 Å². The molecule has 0 aliphatic carbocycles. The van der Waals surface area contributed by atoms with E-state index >= 15 is 0 Å². The number of anilines is 1. The number of carbonyl (C=O) groups excluding carboxylic acids is 1. The summed E-state index contributed by atoms with van der Waals surface area (Å²) in [6.07, 6.45) is 1.65. The molecule has 3 rings (SSSR count). The van der Waals surface area contributed by atoms with Crippen molar-refractivity contribution in [1.29, 1.82) is 0 Å². The zero-order chi connectivity index (χ0) is 23.8. The molecule has 0 atom stereocenters. The number of sulfonamides is 1. The first-order valence-corrected chi connectivity index (χ1v) is 12.7. The molecule has 3 aromatic carbocycles. The minimum absolute atomic E-state index is 0.149. The monoisotopic (exact) mass is 486 g/mol. The fraction of sp³-hybridized carbons (Fsp3) is 0.240. The lowest BCUT2D eigenvalue weighted by atomic mass is 9.98. The van der Waals surface area contributed by atoms with E-state index in [9.17, 15) is 13.2 Å². The molecule has 0 aromatic heterocycles. The predicted octanol–water partition coefficient (Wildman–Crippen LogP) is 4.80. The minimum atomic E-state index is -3.56. The molecule has 0 spiro atoms. The molecule has 33 heavy (non-hydrogen) atoms. The molecule has 0 unspecified atom stereocenters. The van der Waals surface area contributed by atoms with Crippen molar-refractivity contribution < 1.29 is 17.9 Å². The number of ether oxygens (including phenoxy) is 1. The van der Waals surface area contributed by atoms with Gasteiger partial charge in [0.1, 0.15) is 5.75 Å². The number of methoxy groups -OCH3 is 1. The Morgan fingerprint density at radius 1 is 1.00 bits per heavy atom. The number of halogens is 1. The molecule has 0 saturated heterocycles. The largest absolute Gasteiger partial charge is 0.495 e. The molecule has 1 amide bonds. The van der Waals surface area contributed by atoms with Gasteiger partial charge in [0.15, 0.2) is 0 Å². The van der Waals surface area contributed by atoms with Crippen molar-refractivity contribution >= 4 is 33.2 Å². The topological polar surface area (TPSA) is 75.7 Å². The third kappa shape index (κ3) is 6.73. The SMILES string of the molecule is COc1ccc(N(CCCC(=O)NC(c2ccccc2)c2ccccc2)S(C)(=O)=O)cc1Cl. The number of nitrogens with one attached hydrogen (secondary N) is 1. The molecule has 0 radical (unpaired) electrons. The van der Waals surface area contributed by atoms with Crippen LogP contribution in [0.2, 0.25) is 5.02 Å². The summed E-state index contributed by atoms with van der Waals surface area (Å²) in [7, 11) is -2.07. The maximum absolute atomic E-state index is 12.8. The molecule has 0 heterocycles. The van der Waals surface area contributed by atoms with E-state index in [0.29, 0.717) is 22.9 Å². The van der Waals surface area contributed by atoms with Gasteiger partial charge in [-0.15, -0.1) is 0 Å². The summed E-state index contributed by atoms with van der Waals surface area (Å²) in [6.45, 7) is 0.149. The van der Waals surface area contributed by atoms with Crippen LogP contribution in [0, 0.1) is 0 Å². The Bertz CT molecular complexity index is 1130. The van der Waals surface area contributed by atoms with Crippen molar-refractivity contribution in [2.24, 2.45) is 0 Å².